The van der Waals surface area contributed by atoms with E-state index in [-0.39, 0.29) is 24.0 Å². The minimum atomic E-state index is 0. The standard InChI is InChI=1S/C16H25N3O2.HI/c1-17-16(19-12-13-7-8-13)18-9-4-10-21-15-6-3-5-14(11-15)20-2;/h3,5-6,11,13H,4,7-10,12H2,1-2H3,(H2,17,18,19);1H. The lowest BCUT2D eigenvalue weighted by atomic mass is 10.3. The molecule has 0 saturated heterocycles. The van der Waals surface area contributed by atoms with E-state index in [0.717, 1.165) is 42.9 Å². The lowest BCUT2D eigenvalue weighted by molar-refractivity contribution is 0.308. The van der Waals surface area contributed by atoms with Crippen LogP contribution < -0.4 is 20.1 Å². The van der Waals surface area contributed by atoms with Gasteiger partial charge in [-0.2, -0.15) is 0 Å². The fraction of sp³-hybridized carbons (Fsp3) is 0.562. The minimum Gasteiger partial charge on any atom is -0.497 e. The number of hydrogen-bond acceptors (Lipinski definition) is 3. The Morgan fingerprint density at radius 1 is 1.27 bits per heavy atom. The molecule has 1 saturated carbocycles. The maximum Gasteiger partial charge on any atom is 0.190 e. The number of hydrogen-bond donors (Lipinski definition) is 2. The van der Waals surface area contributed by atoms with Gasteiger partial charge >= 0.3 is 0 Å². The fourth-order valence-corrected chi connectivity index (χ4v) is 1.94. The van der Waals surface area contributed by atoms with Crippen LogP contribution in [0.1, 0.15) is 19.3 Å². The molecule has 1 aromatic carbocycles. The van der Waals surface area contributed by atoms with Gasteiger partial charge in [0.1, 0.15) is 11.5 Å². The van der Waals surface area contributed by atoms with Crippen LogP contribution in [-0.2, 0) is 0 Å². The van der Waals surface area contributed by atoms with Gasteiger partial charge in [0.05, 0.1) is 13.7 Å². The predicted molar refractivity (Wildman–Crippen MR) is 101 cm³/mol. The number of rotatable bonds is 8. The van der Waals surface area contributed by atoms with Gasteiger partial charge in [0.2, 0.25) is 0 Å². The third-order valence-electron chi connectivity index (χ3n) is 3.40. The van der Waals surface area contributed by atoms with Gasteiger partial charge in [0.25, 0.3) is 0 Å². The Labute approximate surface area is 149 Å². The van der Waals surface area contributed by atoms with Gasteiger partial charge in [0.15, 0.2) is 5.96 Å². The molecule has 1 aromatic rings. The lowest BCUT2D eigenvalue weighted by Gasteiger charge is -2.12. The maximum atomic E-state index is 5.69. The van der Waals surface area contributed by atoms with Gasteiger partial charge in [-0.25, -0.2) is 0 Å². The first-order valence-corrected chi connectivity index (χ1v) is 7.53. The van der Waals surface area contributed by atoms with Crippen molar-refractivity contribution in [1.29, 1.82) is 0 Å². The molecule has 1 aliphatic rings. The molecule has 124 valence electrons. The van der Waals surface area contributed by atoms with Crippen LogP contribution in [0.15, 0.2) is 29.3 Å². The number of benzene rings is 1. The quantitative estimate of drug-likeness (QED) is 0.295. The molecule has 1 aliphatic carbocycles. The van der Waals surface area contributed by atoms with Crippen molar-refractivity contribution in [3.8, 4) is 11.5 Å². The van der Waals surface area contributed by atoms with E-state index >= 15 is 0 Å². The first-order valence-electron chi connectivity index (χ1n) is 7.53. The van der Waals surface area contributed by atoms with Gasteiger partial charge in [-0.15, -0.1) is 24.0 Å². The number of aliphatic imine (C=N–C) groups is 1. The van der Waals surface area contributed by atoms with Crippen LogP contribution in [0.5, 0.6) is 11.5 Å². The van der Waals surface area contributed by atoms with Crippen molar-refractivity contribution in [3.63, 3.8) is 0 Å². The second-order valence-electron chi connectivity index (χ2n) is 5.20. The zero-order valence-corrected chi connectivity index (χ0v) is 15.6. The Kier molecular flexibility index (Phi) is 9.03. The highest BCUT2D eigenvalue weighted by molar-refractivity contribution is 14.0. The molecular formula is C16H26IN3O2. The fourth-order valence-electron chi connectivity index (χ4n) is 1.94. The molecule has 0 heterocycles. The summed E-state index contributed by atoms with van der Waals surface area (Å²) in [6.45, 7) is 2.54. The number of nitrogens with zero attached hydrogens (tertiary/aromatic N) is 1. The summed E-state index contributed by atoms with van der Waals surface area (Å²) in [6, 6.07) is 7.66. The number of ether oxygens (including phenoxy) is 2. The van der Waals surface area contributed by atoms with Gasteiger partial charge in [-0.1, -0.05) is 6.07 Å². The van der Waals surface area contributed by atoms with E-state index in [4.69, 9.17) is 9.47 Å². The molecule has 6 heteroatoms. The second-order valence-corrected chi connectivity index (χ2v) is 5.20. The Balaban J connectivity index is 0.00000242. The minimum absolute atomic E-state index is 0. The number of guanidine groups is 1. The molecule has 1 fully saturated rings. The molecule has 0 bridgehead atoms. The maximum absolute atomic E-state index is 5.69. The third kappa shape index (κ3) is 7.20. The third-order valence-corrected chi connectivity index (χ3v) is 3.40. The average Bonchev–Trinajstić information content (AvgIpc) is 3.34. The van der Waals surface area contributed by atoms with E-state index in [1.807, 2.05) is 24.3 Å². The zero-order valence-electron chi connectivity index (χ0n) is 13.3. The van der Waals surface area contributed by atoms with Crippen LogP contribution in [0.3, 0.4) is 0 Å². The summed E-state index contributed by atoms with van der Waals surface area (Å²) < 4.78 is 10.9. The molecule has 0 aromatic heterocycles. The number of methoxy groups -OCH3 is 1. The van der Waals surface area contributed by atoms with E-state index in [1.54, 1.807) is 14.2 Å². The largest absolute Gasteiger partial charge is 0.497 e. The van der Waals surface area contributed by atoms with Crippen LogP contribution in [0.4, 0.5) is 0 Å². The lowest BCUT2D eigenvalue weighted by Crippen LogP contribution is -2.39. The molecule has 5 nitrogen and oxygen atoms in total. The molecule has 0 amide bonds. The highest BCUT2D eigenvalue weighted by Gasteiger charge is 2.20. The van der Waals surface area contributed by atoms with Crippen LogP contribution in [-0.4, -0.2) is 39.8 Å². The number of halogens is 1. The first-order chi connectivity index (χ1) is 10.3. The monoisotopic (exact) mass is 419 g/mol. The Morgan fingerprint density at radius 3 is 2.73 bits per heavy atom. The topological polar surface area (TPSA) is 54.9 Å². The van der Waals surface area contributed by atoms with Crippen molar-refractivity contribution >= 4 is 29.9 Å². The second kappa shape index (κ2) is 10.5. The molecule has 0 spiro atoms. The van der Waals surface area contributed by atoms with Gasteiger partial charge in [-0.05, 0) is 37.3 Å². The van der Waals surface area contributed by atoms with Crippen molar-refractivity contribution in [3.05, 3.63) is 24.3 Å². The Bertz CT molecular complexity index is 464. The van der Waals surface area contributed by atoms with Crippen LogP contribution >= 0.6 is 24.0 Å². The normalized spacial score (nSPS) is 14.0. The summed E-state index contributed by atoms with van der Waals surface area (Å²) in [4.78, 5) is 4.20. The molecule has 0 unspecified atom stereocenters. The van der Waals surface area contributed by atoms with Crippen LogP contribution in [0, 0.1) is 5.92 Å². The van der Waals surface area contributed by atoms with E-state index in [2.05, 4.69) is 15.6 Å². The van der Waals surface area contributed by atoms with Crippen LogP contribution in [0.25, 0.3) is 0 Å². The van der Waals surface area contributed by atoms with Gasteiger partial charge < -0.3 is 20.1 Å². The summed E-state index contributed by atoms with van der Waals surface area (Å²) in [5, 5.41) is 6.63. The SMILES string of the molecule is CN=C(NCCCOc1cccc(OC)c1)NCC1CC1.I. The molecule has 0 atom stereocenters. The molecule has 0 radical (unpaired) electrons. The Morgan fingerprint density at radius 2 is 2.05 bits per heavy atom. The van der Waals surface area contributed by atoms with Crippen LogP contribution in [0.2, 0.25) is 0 Å². The molecule has 2 rings (SSSR count). The summed E-state index contributed by atoms with van der Waals surface area (Å²) in [7, 11) is 3.46. The molecule has 22 heavy (non-hydrogen) atoms. The molecule has 2 N–H and O–H groups in total. The molecular weight excluding hydrogens is 393 g/mol. The van der Waals surface area contributed by atoms with Gasteiger partial charge in [0, 0.05) is 26.2 Å². The highest BCUT2D eigenvalue weighted by atomic mass is 127. The van der Waals surface area contributed by atoms with Crippen molar-refractivity contribution in [2.75, 3.05) is 33.9 Å². The summed E-state index contributed by atoms with van der Waals surface area (Å²) in [5.74, 6) is 3.38. The van der Waals surface area contributed by atoms with E-state index in [0.29, 0.717) is 6.61 Å². The summed E-state index contributed by atoms with van der Waals surface area (Å²) >= 11 is 0. The summed E-state index contributed by atoms with van der Waals surface area (Å²) in [5.41, 5.74) is 0. The smallest absolute Gasteiger partial charge is 0.190 e. The Hall–Kier alpha value is -1.18. The zero-order chi connectivity index (χ0) is 14.9. The molecule has 0 aliphatic heterocycles. The van der Waals surface area contributed by atoms with Crippen molar-refractivity contribution in [1.82, 2.24) is 10.6 Å². The van der Waals surface area contributed by atoms with Crippen molar-refractivity contribution < 1.29 is 9.47 Å². The predicted octanol–water partition coefficient (Wildman–Crippen LogP) is 2.66. The first kappa shape index (κ1) is 18.9. The number of nitrogens with one attached hydrogen (secondary N) is 2. The highest BCUT2D eigenvalue weighted by Crippen LogP contribution is 2.27. The summed E-state index contributed by atoms with van der Waals surface area (Å²) in [6.07, 6.45) is 3.61. The van der Waals surface area contributed by atoms with E-state index < -0.39 is 0 Å². The van der Waals surface area contributed by atoms with Crippen molar-refractivity contribution in [2.45, 2.75) is 19.3 Å². The van der Waals surface area contributed by atoms with Gasteiger partial charge in [-0.3, -0.25) is 4.99 Å². The van der Waals surface area contributed by atoms with E-state index in [9.17, 15) is 0 Å². The average molecular weight is 419 g/mol. The van der Waals surface area contributed by atoms with E-state index in [1.165, 1.54) is 12.8 Å². The van der Waals surface area contributed by atoms with Crippen molar-refractivity contribution in [2.24, 2.45) is 10.9 Å².